The second kappa shape index (κ2) is 15.1. The number of allylic oxidation sites excluding steroid dienone is 4. The van der Waals surface area contributed by atoms with Crippen LogP contribution in [-0.2, 0) is 51.4 Å². The molecule has 0 radical (unpaired) electrons. The molecule has 5 aromatic heterocycles. The predicted molar refractivity (Wildman–Crippen MR) is 232 cm³/mol. The topological polar surface area (TPSA) is 91.4 Å². The molecule has 0 atom stereocenters. The Kier molecular flexibility index (Phi) is 10.6. The summed E-state index contributed by atoms with van der Waals surface area (Å²) in [7, 11) is 0. The summed E-state index contributed by atoms with van der Waals surface area (Å²) in [6.45, 7) is 28.0. The molecule has 7 heterocycles. The van der Waals surface area contributed by atoms with Gasteiger partial charge in [0.2, 0.25) is 22.8 Å². The van der Waals surface area contributed by atoms with Crippen LogP contribution >= 0.6 is 0 Å². The van der Waals surface area contributed by atoms with Crippen LogP contribution in [0.4, 0.5) is 0 Å². The number of aryl methyl sites for hydroxylation is 8. The lowest BCUT2D eigenvalue weighted by Gasteiger charge is -2.02. The molecule has 2 aliphatic heterocycles. The highest BCUT2D eigenvalue weighted by Crippen LogP contribution is 2.43. The van der Waals surface area contributed by atoms with E-state index in [-0.39, 0.29) is 0 Å². The van der Waals surface area contributed by atoms with Crippen LogP contribution in [0.1, 0.15) is 176 Å². The maximum atomic E-state index is 4.14. The van der Waals surface area contributed by atoms with Crippen LogP contribution in [0.15, 0.2) is 0 Å². The number of nitrogens with one attached hydrogen (secondary N) is 6. The van der Waals surface area contributed by atoms with Crippen LogP contribution in [0, 0.1) is 0 Å². The largest absolute Gasteiger partial charge is 0.352 e. The first-order valence-corrected chi connectivity index (χ1v) is 21.7. The molecule has 0 spiro atoms. The minimum atomic E-state index is 0.977. The monoisotopic (exact) mass is 727 g/mol. The van der Waals surface area contributed by atoms with Crippen LogP contribution in [0.3, 0.4) is 0 Å². The van der Waals surface area contributed by atoms with Gasteiger partial charge < -0.3 is 19.9 Å². The Morgan fingerprint density at radius 1 is 0.241 bits per heavy atom. The molecule has 6 nitrogen and oxygen atoms in total. The van der Waals surface area contributed by atoms with E-state index in [9.17, 15) is 0 Å². The molecule has 0 amide bonds. The Morgan fingerprint density at radius 2 is 0.407 bits per heavy atom. The number of hydrogen-bond donors (Lipinski definition) is 4. The summed E-state index contributed by atoms with van der Waals surface area (Å²) in [5.41, 5.74) is 32.4. The van der Waals surface area contributed by atoms with Crippen molar-refractivity contribution in [2.24, 2.45) is 0 Å². The normalized spacial score (nSPS) is 13.6. The minimum absolute atomic E-state index is 0.977. The third-order valence-electron chi connectivity index (χ3n) is 13.0. The number of hydrogen-bond acceptors (Lipinski definition) is 0. The molecule has 5 aromatic rings. The van der Waals surface area contributed by atoms with Crippen molar-refractivity contribution in [1.82, 2.24) is 19.9 Å². The van der Waals surface area contributed by atoms with E-state index >= 15 is 0 Å². The molecule has 0 fully saturated rings. The van der Waals surface area contributed by atoms with Gasteiger partial charge in [-0.1, -0.05) is 83.1 Å². The molecule has 0 unspecified atom stereocenters. The molecule has 6 heteroatoms. The highest BCUT2D eigenvalue weighted by atomic mass is 14.9. The molecule has 0 aliphatic carbocycles. The molecule has 54 heavy (non-hydrogen) atoms. The Labute approximate surface area is 322 Å². The summed E-state index contributed by atoms with van der Waals surface area (Å²) >= 11 is 0. The van der Waals surface area contributed by atoms with Crippen LogP contribution < -0.4 is 9.97 Å². The average molecular weight is 727 g/mol. The Balaban J connectivity index is 1.88. The van der Waals surface area contributed by atoms with Crippen molar-refractivity contribution in [3.05, 3.63) is 67.3 Å². The zero-order chi connectivity index (χ0) is 38.6. The van der Waals surface area contributed by atoms with Crippen molar-refractivity contribution in [2.75, 3.05) is 0 Å². The van der Waals surface area contributed by atoms with Gasteiger partial charge in [-0.05, 0) is 122 Å². The van der Waals surface area contributed by atoms with Gasteiger partial charge in [-0.25, -0.2) is 9.97 Å². The first-order chi connectivity index (χ1) is 26.3. The molecule has 6 N–H and O–H groups in total. The summed E-state index contributed by atoms with van der Waals surface area (Å²) in [6, 6.07) is 0. The number of aromatic amines is 6. The Hall–Kier alpha value is -4.32. The van der Waals surface area contributed by atoms with Crippen LogP contribution in [0.2, 0.25) is 0 Å². The molecule has 286 valence electrons. The molecule has 0 saturated carbocycles. The van der Waals surface area contributed by atoms with E-state index in [0.29, 0.717) is 0 Å². The van der Waals surface area contributed by atoms with Crippen molar-refractivity contribution in [2.45, 2.75) is 160 Å². The van der Waals surface area contributed by atoms with Gasteiger partial charge in [0.05, 0.1) is 22.1 Å². The molecule has 0 aromatic carbocycles. The van der Waals surface area contributed by atoms with Crippen molar-refractivity contribution >= 4 is 66.4 Å². The van der Waals surface area contributed by atoms with Gasteiger partial charge in [0.15, 0.2) is 0 Å². The fraction of sp³-hybridized carbons (Fsp3) is 0.500. The second-order valence-electron chi connectivity index (χ2n) is 15.2. The molecule has 2 aliphatic rings. The SMILES string of the molecule is CCC1=C(CC)c2[nH+]c1c1[nH]c(c3[nH+]c(c4[nH]c(c(CC)c4CC)c4[nH]c(c(CC)c4CC)c4[nH]c2c(CC)c4CC)C(CC)=C3CC)c(CC)c1CC. The standard InChI is InChI=1S/C48H64N6/c1-13-25-26(14-2)38-40-29(17-5)30(18-6)43(51-40)44-33(21-9)34(22-10)47(53-44)48-36(24-12)35(23-11)46(54-48)45-32(20-8)31(19-7)42(52-45)41-28(16-4)27(15-3)39(50-41)37(25)49-38/h49-51,54H,13-24H2,1-12H3/p+2. The van der Waals surface area contributed by atoms with Gasteiger partial charge in [0.25, 0.3) is 0 Å². The quantitative estimate of drug-likeness (QED) is 0.0986. The summed E-state index contributed by atoms with van der Waals surface area (Å²) in [4.78, 5) is 24.9. The van der Waals surface area contributed by atoms with E-state index in [1.54, 1.807) is 0 Å². The molecular formula is C48H66N6+2. The number of fused-ring (bicyclic) bond motifs is 18. The molecule has 12 bridgehead atoms. The summed E-state index contributed by atoms with van der Waals surface area (Å²) in [5, 5.41) is 0. The lowest BCUT2D eigenvalue weighted by molar-refractivity contribution is -0.377. The fourth-order valence-electron chi connectivity index (χ4n) is 10.7. The van der Waals surface area contributed by atoms with E-state index in [1.807, 2.05) is 0 Å². The van der Waals surface area contributed by atoms with Gasteiger partial charge in [-0.2, -0.15) is 0 Å². The smallest absolute Gasteiger partial charge is 0.231 e. The zero-order valence-electron chi connectivity index (χ0n) is 35.5. The average Bonchev–Trinajstić information content (AvgIpc) is 4.03. The third kappa shape index (κ3) is 5.33. The first kappa shape index (κ1) is 38.0. The highest BCUT2D eigenvalue weighted by Gasteiger charge is 2.35. The third-order valence-corrected chi connectivity index (χ3v) is 13.0. The van der Waals surface area contributed by atoms with E-state index < -0.39 is 0 Å². The summed E-state index contributed by atoms with van der Waals surface area (Å²) in [5.74, 6) is 0. The predicted octanol–water partition coefficient (Wildman–Crippen LogP) is 12.1. The lowest BCUT2D eigenvalue weighted by Crippen LogP contribution is -2.10. The van der Waals surface area contributed by atoms with Crippen LogP contribution in [0.25, 0.3) is 66.4 Å². The highest BCUT2D eigenvalue weighted by molar-refractivity contribution is 6.03. The van der Waals surface area contributed by atoms with Crippen molar-refractivity contribution in [3.63, 3.8) is 0 Å². The Morgan fingerprint density at radius 3 is 0.593 bits per heavy atom. The van der Waals surface area contributed by atoms with Crippen molar-refractivity contribution in [3.8, 4) is 0 Å². The lowest BCUT2D eigenvalue weighted by atomic mass is 9.95. The van der Waals surface area contributed by atoms with Crippen LogP contribution in [0.5, 0.6) is 0 Å². The maximum absolute atomic E-state index is 4.14. The van der Waals surface area contributed by atoms with Gasteiger partial charge in [-0.15, -0.1) is 0 Å². The second-order valence-corrected chi connectivity index (χ2v) is 15.2. The minimum Gasteiger partial charge on any atom is -0.352 e. The van der Waals surface area contributed by atoms with Gasteiger partial charge in [0.1, 0.15) is 22.1 Å². The van der Waals surface area contributed by atoms with Gasteiger partial charge in [0, 0.05) is 22.3 Å². The summed E-state index contributed by atoms with van der Waals surface area (Å²) < 4.78 is 0. The van der Waals surface area contributed by atoms with Gasteiger partial charge in [-0.3, -0.25) is 0 Å². The summed E-state index contributed by atoms with van der Waals surface area (Å²) in [6.07, 6.45) is 11.7. The Bertz CT molecular complexity index is 2350. The molecule has 7 rings (SSSR count). The van der Waals surface area contributed by atoms with Gasteiger partial charge >= 0.3 is 0 Å². The number of H-pyrrole nitrogens is 6. The fourth-order valence-corrected chi connectivity index (χ4v) is 10.7. The van der Waals surface area contributed by atoms with E-state index in [4.69, 9.17) is 0 Å². The molecular weight excluding hydrogens is 661 g/mol. The van der Waals surface area contributed by atoms with E-state index in [0.717, 1.165) is 77.0 Å². The van der Waals surface area contributed by atoms with E-state index in [2.05, 4.69) is 113 Å². The van der Waals surface area contributed by atoms with E-state index in [1.165, 1.54) is 134 Å². The van der Waals surface area contributed by atoms with Crippen molar-refractivity contribution in [1.29, 1.82) is 0 Å². The van der Waals surface area contributed by atoms with Crippen LogP contribution in [-0.4, -0.2) is 19.9 Å². The maximum Gasteiger partial charge on any atom is 0.231 e. The first-order valence-electron chi connectivity index (χ1n) is 21.7. The zero-order valence-corrected chi connectivity index (χ0v) is 35.5. The molecule has 0 saturated heterocycles. The number of rotatable bonds is 12. The number of aromatic nitrogens is 6. The van der Waals surface area contributed by atoms with Crippen molar-refractivity contribution < 1.29 is 9.97 Å².